The van der Waals surface area contributed by atoms with Crippen molar-refractivity contribution in [3.05, 3.63) is 17.0 Å². The van der Waals surface area contributed by atoms with Crippen LogP contribution in [0.1, 0.15) is 22.5 Å². The number of thiophene rings is 1. The fourth-order valence-corrected chi connectivity index (χ4v) is 2.25. The topological polar surface area (TPSA) is 75.6 Å². The smallest absolute Gasteiger partial charge is 0.345 e. The van der Waals surface area contributed by atoms with Gasteiger partial charge in [0.25, 0.3) is 5.91 Å². The number of carboxylic acid groups (broad SMARTS) is 1. The van der Waals surface area contributed by atoms with Gasteiger partial charge in [0.2, 0.25) is 0 Å². The number of carboxylic acids is 1. The fraction of sp³-hybridized carbons (Fsp3) is 0.400. The molecule has 0 bridgehead atoms. The Morgan fingerprint density at radius 1 is 1.50 bits per heavy atom. The van der Waals surface area contributed by atoms with E-state index in [0.29, 0.717) is 11.6 Å². The number of hydrogen-bond acceptors (Lipinski definition) is 4. The van der Waals surface area contributed by atoms with E-state index in [4.69, 9.17) is 9.84 Å². The minimum Gasteiger partial charge on any atom is -0.477 e. The maximum Gasteiger partial charge on any atom is 0.345 e. The molecular weight excluding hydrogens is 230 g/mol. The van der Waals surface area contributed by atoms with Crippen molar-refractivity contribution in [3.8, 4) is 0 Å². The summed E-state index contributed by atoms with van der Waals surface area (Å²) in [4.78, 5) is 22.5. The molecule has 1 unspecified atom stereocenters. The molecule has 2 N–H and O–H groups in total. The molecule has 2 heterocycles. The standard InChI is InChI=1S/C10H11NO4S/c12-9(6-2-1-5-15-6)11-8-4-3-7(16-8)10(13)14/h3-4,6H,1-2,5H2,(H,11,12)(H,13,14). The van der Waals surface area contributed by atoms with Crippen LogP contribution in [-0.2, 0) is 9.53 Å². The number of aromatic carboxylic acids is 1. The highest BCUT2D eigenvalue weighted by molar-refractivity contribution is 7.18. The Morgan fingerprint density at radius 3 is 2.88 bits per heavy atom. The first-order valence-electron chi connectivity index (χ1n) is 4.92. The minimum absolute atomic E-state index is 0.198. The summed E-state index contributed by atoms with van der Waals surface area (Å²) in [7, 11) is 0. The number of amides is 1. The number of rotatable bonds is 3. The Bertz CT molecular complexity index is 409. The Labute approximate surface area is 96.0 Å². The van der Waals surface area contributed by atoms with Crippen molar-refractivity contribution in [1.82, 2.24) is 0 Å². The van der Waals surface area contributed by atoms with Crippen molar-refractivity contribution in [2.45, 2.75) is 18.9 Å². The van der Waals surface area contributed by atoms with Gasteiger partial charge >= 0.3 is 5.97 Å². The minimum atomic E-state index is -0.984. The summed E-state index contributed by atoms with van der Waals surface area (Å²) < 4.78 is 5.22. The molecule has 1 fully saturated rings. The van der Waals surface area contributed by atoms with E-state index in [2.05, 4.69) is 5.32 Å². The lowest BCUT2D eigenvalue weighted by Crippen LogP contribution is -2.26. The molecule has 6 heteroatoms. The van der Waals surface area contributed by atoms with Crippen molar-refractivity contribution in [2.75, 3.05) is 11.9 Å². The van der Waals surface area contributed by atoms with Crippen LogP contribution in [0.3, 0.4) is 0 Å². The fourth-order valence-electron chi connectivity index (χ4n) is 1.51. The van der Waals surface area contributed by atoms with Crippen LogP contribution >= 0.6 is 11.3 Å². The molecule has 1 aliphatic heterocycles. The zero-order valence-electron chi connectivity index (χ0n) is 8.43. The van der Waals surface area contributed by atoms with E-state index in [1.165, 1.54) is 6.07 Å². The first-order valence-corrected chi connectivity index (χ1v) is 5.74. The van der Waals surface area contributed by atoms with E-state index < -0.39 is 12.1 Å². The van der Waals surface area contributed by atoms with E-state index >= 15 is 0 Å². The summed E-state index contributed by atoms with van der Waals surface area (Å²) in [6.45, 7) is 0.614. The van der Waals surface area contributed by atoms with E-state index in [9.17, 15) is 9.59 Å². The van der Waals surface area contributed by atoms with Crippen molar-refractivity contribution in [3.63, 3.8) is 0 Å². The van der Waals surface area contributed by atoms with E-state index in [0.717, 1.165) is 24.2 Å². The van der Waals surface area contributed by atoms with Gasteiger partial charge in [0, 0.05) is 6.61 Å². The molecule has 0 saturated carbocycles. The van der Waals surface area contributed by atoms with Gasteiger partial charge in [-0.25, -0.2) is 4.79 Å². The molecule has 1 saturated heterocycles. The molecule has 1 aromatic rings. The van der Waals surface area contributed by atoms with Gasteiger partial charge in [0.1, 0.15) is 11.0 Å². The highest BCUT2D eigenvalue weighted by Gasteiger charge is 2.24. The number of anilines is 1. The zero-order valence-corrected chi connectivity index (χ0v) is 9.25. The monoisotopic (exact) mass is 241 g/mol. The second-order valence-electron chi connectivity index (χ2n) is 3.46. The molecule has 0 radical (unpaired) electrons. The third kappa shape index (κ3) is 2.40. The molecule has 0 aromatic carbocycles. The molecule has 1 aliphatic rings. The van der Waals surface area contributed by atoms with Crippen LogP contribution in [0.5, 0.6) is 0 Å². The van der Waals surface area contributed by atoms with Gasteiger partial charge in [-0.3, -0.25) is 4.79 Å². The first-order chi connectivity index (χ1) is 7.66. The second kappa shape index (κ2) is 4.63. The SMILES string of the molecule is O=C(O)c1ccc(NC(=O)C2CCCO2)s1. The molecular formula is C10H11NO4S. The van der Waals surface area contributed by atoms with Crippen LogP contribution in [-0.4, -0.2) is 29.7 Å². The van der Waals surface area contributed by atoms with Crippen molar-refractivity contribution in [1.29, 1.82) is 0 Å². The predicted molar refractivity (Wildman–Crippen MR) is 58.9 cm³/mol. The highest BCUT2D eigenvalue weighted by atomic mass is 32.1. The van der Waals surface area contributed by atoms with Gasteiger partial charge in [0.15, 0.2) is 0 Å². The average molecular weight is 241 g/mol. The van der Waals surface area contributed by atoms with Gasteiger partial charge in [-0.05, 0) is 25.0 Å². The van der Waals surface area contributed by atoms with Crippen molar-refractivity contribution < 1.29 is 19.4 Å². The Kier molecular flexibility index (Phi) is 3.21. The van der Waals surface area contributed by atoms with Gasteiger partial charge in [-0.1, -0.05) is 0 Å². The third-order valence-electron chi connectivity index (χ3n) is 2.29. The van der Waals surface area contributed by atoms with Crippen LogP contribution in [0.15, 0.2) is 12.1 Å². The third-order valence-corrected chi connectivity index (χ3v) is 3.27. The van der Waals surface area contributed by atoms with E-state index in [1.54, 1.807) is 6.07 Å². The van der Waals surface area contributed by atoms with Crippen molar-refractivity contribution in [2.24, 2.45) is 0 Å². The summed E-state index contributed by atoms with van der Waals surface area (Å²) in [5.41, 5.74) is 0. The van der Waals surface area contributed by atoms with Crippen LogP contribution in [0.2, 0.25) is 0 Å². The van der Waals surface area contributed by atoms with Crippen LogP contribution in [0.4, 0.5) is 5.00 Å². The number of carbonyl (C=O) groups is 2. The first kappa shape index (κ1) is 11.1. The molecule has 5 nitrogen and oxygen atoms in total. The largest absolute Gasteiger partial charge is 0.477 e. The Balaban J connectivity index is 1.97. The average Bonchev–Trinajstić information content (AvgIpc) is 2.87. The molecule has 16 heavy (non-hydrogen) atoms. The quantitative estimate of drug-likeness (QED) is 0.842. The molecule has 0 spiro atoms. The molecule has 1 atom stereocenters. The van der Waals surface area contributed by atoms with Gasteiger partial charge < -0.3 is 15.2 Å². The summed E-state index contributed by atoms with van der Waals surface area (Å²) in [5, 5.41) is 11.9. The summed E-state index contributed by atoms with van der Waals surface area (Å²) in [6.07, 6.45) is 1.22. The number of carbonyl (C=O) groups excluding carboxylic acids is 1. The Hall–Kier alpha value is -1.40. The normalized spacial score (nSPS) is 19.6. The molecule has 0 aliphatic carbocycles. The summed E-state index contributed by atoms with van der Waals surface area (Å²) in [6, 6.07) is 3.05. The van der Waals surface area contributed by atoms with E-state index in [1.807, 2.05) is 0 Å². The van der Waals surface area contributed by atoms with Crippen LogP contribution < -0.4 is 5.32 Å². The van der Waals surface area contributed by atoms with Gasteiger partial charge in [-0.2, -0.15) is 0 Å². The predicted octanol–water partition coefficient (Wildman–Crippen LogP) is 1.56. The second-order valence-corrected chi connectivity index (χ2v) is 4.54. The highest BCUT2D eigenvalue weighted by Crippen LogP contribution is 2.23. The van der Waals surface area contributed by atoms with Crippen LogP contribution in [0, 0.1) is 0 Å². The number of nitrogens with one attached hydrogen (secondary N) is 1. The van der Waals surface area contributed by atoms with Gasteiger partial charge in [-0.15, -0.1) is 11.3 Å². The lowest BCUT2D eigenvalue weighted by molar-refractivity contribution is -0.124. The number of hydrogen-bond donors (Lipinski definition) is 2. The summed E-state index contributed by atoms with van der Waals surface area (Å²) >= 11 is 1.04. The lowest BCUT2D eigenvalue weighted by atomic mass is 10.2. The summed E-state index contributed by atoms with van der Waals surface area (Å²) in [5.74, 6) is -1.18. The molecule has 86 valence electrons. The Morgan fingerprint density at radius 2 is 2.31 bits per heavy atom. The lowest BCUT2D eigenvalue weighted by Gasteiger charge is -2.08. The number of ether oxygens (including phenoxy) is 1. The van der Waals surface area contributed by atoms with Crippen molar-refractivity contribution >= 4 is 28.2 Å². The van der Waals surface area contributed by atoms with E-state index in [-0.39, 0.29) is 10.8 Å². The zero-order chi connectivity index (χ0) is 11.5. The molecule has 1 amide bonds. The molecule has 2 rings (SSSR count). The van der Waals surface area contributed by atoms with Crippen LogP contribution in [0.25, 0.3) is 0 Å². The maximum atomic E-state index is 11.6. The maximum absolute atomic E-state index is 11.6. The molecule has 1 aromatic heterocycles. The van der Waals surface area contributed by atoms with Gasteiger partial charge in [0.05, 0.1) is 5.00 Å².